The van der Waals surface area contributed by atoms with Gasteiger partial charge in [-0.2, -0.15) is 0 Å². The summed E-state index contributed by atoms with van der Waals surface area (Å²) in [6, 6.07) is 9.62. The van der Waals surface area contributed by atoms with Crippen molar-refractivity contribution in [3.8, 4) is 23.0 Å². The van der Waals surface area contributed by atoms with Gasteiger partial charge >= 0.3 is 0 Å². The van der Waals surface area contributed by atoms with Gasteiger partial charge in [-0.1, -0.05) is 0 Å². The van der Waals surface area contributed by atoms with Crippen molar-refractivity contribution < 1.29 is 32.2 Å². The van der Waals surface area contributed by atoms with E-state index in [9.17, 15) is 13.2 Å². The number of amides is 1. The molecule has 0 fully saturated rings. The van der Waals surface area contributed by atoms with Crippen LogP contribution in [0.2, 0.25) is 0 Å². The second-order valence-corrected chi connectivity index (χ2v) is 8.24. The van der Waals surface area contributed by atoms with Crippen LogP contribution in [0.4, 0.5) is 11.4 Å². The zero-order valence-electron chi connectivity index (χ0n) is 16.3. The van der Waals surface area contributed by atoms with Gasteiger partial charge in [-0.25, -0.2) is 8.42 Å². The molecule has 9 nitrogen and oxygen atoms in total. The number of benzene rings is 2. The molecule has 0 unspecified atom stereocenters. The SMILES string of the molecule is CCS(=O)(=O)N(CC(=O)Nc1ccc(OC)cc1OC)c1ccc2c(c1)OCO2. The first-order valence-corrected chi connectivity index (χ1v) is 10.4. The molecule has 1 N–H and O–H groups in total. The van der Waals surface area contributed by atoms with Gasteiger partial charge in [0.25, 0.3) is 0 Å². The lowest BCUT2D eigenvalue weighted by atomic mass is 10.2. The van der Waals surface area contributed by atoms with Gasteiger partial charge in [-0.15, -0.1) is 0 Å². The maximum atomic E-state index is 12.7. The number of nitrogens with one attached hydrogen (secondary N) is 1. The first-order chi connectivity index (χ1) is 13.9. The summed E-state index contributed by atoms with van der Waals surface area (Å²) in [4.78, 5) is 12.7. The van der Waals surface area contributed by atoms with Gasteiger partial charge in [0.05, 0.1) is 31.3 Å². The summed E-state index contributed by atoms with van der Waals surface area (Å²) in [5.74, 6) is 1.22. The maximum Gasteiger partial charge on any atom is 0.245 e. The number of methoxy groups -OCH3 is 2. The topological polar surface area (TPSA) is 103 Å². The predicted molar refractivity (Wildman–Crippen MR) is 108 cm³/mol. The van der Waals surface area contributed by atoms with E-state index in [0.29, 0.717) is 34.4 Å². The lowest BCUT2D eigenvalue weighted by Crippen LogP contribution is -2.39. The minimum Gasteiger partial charge on any atom is -0.497 e. The Hall–Kier alpha value is -3.14. The van der Waals surface area contributed by atoms with E-state index in [1.165, 1.54) is 27.2 Å². The zero-order valence-corrected chi connectivity index (χ0v) is 17.1. The van der Waals surface area contributed by atoms with Gasteiger partial charge in [0.1, 0.15) is 18.0 Å². The summed E-state index contributed by atoms with van der Waals surface area (Å²) >= 11 is 0. The molecule has 2 aromatic rings. The molecule has 10 heteroatoms. The molecule has 2 aromatic carbocycles. The Labute approximate surface area is 169 Å². The van der Waals surface area contributed by atoms with Gasteiger partial charge in [-0.3, -0.25) is 9.10 Å². The van der Waals surface area contributed by atoms with Gasteiger partial charge in [-0.05, 0) is 31.2 Å². The molecule has 1 aliphatic rings. The quantitative estimate of drug-likeness (QED) is 0.696. The highest BCUT2D eigenvalue weighted by molar-refractivity contribution is 7.92. The van der Waals surface area contributed by atoms with E-state index in [2.05, 4.69) is 5.32 Å². The number of anilines is 2. The van der Waals surface area contributed by atoms with Gasteiger partial charge in [0.2, 0.25) is 22.7 Å². The highest BCUT2D eigenvalue weighted by atomic mass is 32.2. The fraction of sp³-hybridized carbons (Fsp3) is 0.316. The molecule has 1 aliphatic heterocycles. The molecule has 0 aromatic heterocycles. The lowest BCUT2D eigenvalue weighted by Gasteiger charge is -2.23. The number of carbonyl (C=O) groups excluding carboxylic acids is 1. The fourth-order valence-electron chi connectivity index (χ4n) is 2.77. The Morgan fingerprint density at radius 3 is 2.55 bits per heavy atom. The molecule has 0 radical (unpaired) electrons. The first-order valence-electron chi connectivity index (χ1n) is 8.80. The lowest BCUT2D eigenvalue weighted by molar-refractivity contribution is -0.114. The highest BCUT2D eigenvalue weighted by Gasteiger charge is 2.26. The monoisotopic (exact) mass is 422 g/mol. The number of ether oxygens (including phenoxy) is 4. The average molecular weight is 422 g/mol. The van der Waals surface area contributed by atoms with Crippen molar-refractivity contribution in [2.24, 2.45) is 0 Å². The van der Waals surface area contributed by atoms with E-state index in [0.717, 1.165) is 4.31 Å². The normalized spacial score (nSPS) is 12.4. The molecule has 156 valence electrons. The summed E-state index contributed by atoms with van der Waals surface area (Å²) < 4.78 is 47.3. The van der Waals surface area contributed by atoms with E-state index in [1.54, 1.807) is 30.3 Å². The standard InChI is InChI=1S/C19H22N2O7S/c1-4-29(23,24)21(13-5-8-16-18(9-13)28-12-27-16)11-19(22)20-15-7-6-14(25-2)10-17(15)26-3/h5-10H,4,11-12H2,1-3H3,(H,20,22). The Morgan fingerprint density at radius 1 is 1.10 bits per heavy atom. The summed E-state index contributed by atoms with van der Waals surface area (Å²) in [6.07, 6.45) is 0. The zero-order chi connectivity index (χ0) is 21.0. The number of nitrogens with zero attached hydrogens (tertiary/aromatic N) is 1. The molecule has 0 aliphatic carbocycles. The van der Waals surface area contributed by atoms with Crippen LogP contribution >= 0.6 is 0 Å². The number of carbonyl (C=O) groups is 1. The third-order valence-corrected chi connectivity index (χ3v) is 6.06. The van der Waals surface area contributed by atoms with Crippen molar-refractivity contribution >= 4 is 27.3 Å². The van der Waals surface area contributed by atoms with Crippen LogP contribution in [-0.4, -0.2) is 47.6 Å². The third kappa shape index (κ3) is 4.48. The molecular formula is C19H22N2O7S. The summed E-state index contributed by atoms with van der Waals surface area (Å²) in [6.45, 7) is 1.17. The molecule has 29 heavy (non-hydrogen) atoms. The van der Waals surface area contributed by atoms with Gasteiger partial charge in [0, 0.05) is 12.1 Å². The van der Waals surface area contributed by atoms with Crippen LogP contribution in [0.3, 0.4) is 0 Å². The van der Waals surface area contributed by atoms with Gasteiger partial charge in [0.15, 0.2) is 11.5 Å². The summed E-state index contributed by atoms with van der Waals surface area (Å²) in [5.41, 5.74) is 0.714. The van der Waals surface area contributed by atoms with Crippen LogP contribution in [-0.2, 0) is 14.8 Å². The Balaban J connectivity index is 1.84. The smallest absolute Gasteiger partial charge is 0.245 e. The average Bonchev–Trinajstić information content (AvgIpc) is 3.20. The molecule has 3 rings (SSSR count). The minimum atomic E-state index is -3.72. The fourth-order valence-corrected chi connectivity index (χ4v) is 3.83. The summed E-state index contributed by atoms with van der Waals surface area (Å²) in [5, 5.41) is 2.68. The van der Waals surface area contributed by atoms with Crippen molar-refractivity contribution in [1.29, 1.82) is 0 Å². The molecular weight excluding hydrogens is 400 g/mol. The number of fused-ring (bicyclic) bond motifs is 1. The molecule has 0 bridgehead atoms. The Kier molecular flexibility index (Phi) is 6.02. The molecule has 0 saturated heterocycles. The molecule has 0 atom stereocenters. The number of hydrogen-bond acceptors (Lipinski definition) is 7. The molecule has 1 amide bonds. The minimum absolute atomic E-state index is 0.0665. The number of sulfonamides is 1. The number of hydrogen-bond donors (Lipinski definition) is 1. The first kappa shape index (κ1) is 20.6. The van der Waals surface area contributed by atoms with Crippen molar-refractivity contribution in [1.82, 2.24) is 0 Å². The van der Waals surface area contributed by atoms with E-state index in [1.807, 2.05) is 0 Å². The van der Waals surface area contributed by atoms with E-state index in [-0.39, 0.29) is 12.5 Å². The van der Waals surface area contributed by atoms with E-state index in [4.69, 9.17) is 18.9 Å². The highest BCUT2D eigenvalue weighted by Crippen LogP contribution is 2.36. The second kappa shape index (κ2) is 8.48. The van der Waals surface area contributed by atoms with Crippen LogP contribution in [0.25, 0.3) is 0 Å². The molecule has 1 heterocycles. The third-order valence-electron chi connectivity index (χ3n) is 4.31. The second-order valence-electron chi connectivity index (χ2n) is 6.06. The Morgan fingerprint density at radius 2 is 1.86 bits per heavy atom. The van der Waals surface area contributed by atoms with Crippen LogP contribution < -0.4 is 28.6 Å². The largest absolute Gasteiger partial charge is 0.497 e. The van der Waals surface area contributed by atoms with Gasteiger partial charge < -0.3 is 24.3 Å². The molecule has 0 saturated carbocycles. The van der Waals surface area contributed by atoms with Crippen LogP contribution in [0.1, 0.15) is 6.92 Å². The summed E-state index contributed by atoms with van der Waals surface area (Å²) in [7, 11) is -0.737. The van der Waals surface area contributed by atoms with E-state index < -0.39 is 22.5 Å². The van der Waals surface area contributed by atoms with Crippen LogP contribution in [0, 0.1) is 0 Å². The van der Waals surface area contributed by atoms with Crippen LogP contribution in [0.15, 0.2) is 36.4 Å². The van der Waals surface area contributed by atoms with Crippen molar-refractivity contribution in [3.63, 3.8) is 0 Å². The van der Waals surface area contributed by atoms with Crippen molar-refractivity contribution in [3.05, 3.63) is 36.4 Å². The van der Waals surface area contributed by atoms with Crippen LogP contribution in [0.5, 0.6) is 23.0 Å². The van der Waals surface area contributed by atoms with E-state index >= 15 is 0 Å². The van der Waals surface area contributed by atoms with Crippen molar-refractivity contribution in [2.45, 2.75) is 6.92 Å². The predicted octanol–water partition coefficient (Wildman–Crippen LogP) is 2.23. The number of rotatable bonds is 8. The Bertz CT molecular complexity index is 1010. The van der Waals surface area contributed by atoms with Crippen molar-refractivity contribution in [2.75, 3.05) is 42.9 Å². The maximum absolute atomic E-state index is 12.7. The molecule has 0 spiro atoms.